The van der Waals surface area contributed by atoms with Gasteiger partial charge in [0.1, 0.15) is 0 Å². The molecule has 2 unspecified atom stereocenters. The average Bonchev–Trinajstić information content (AvgIpc) is 2.52. The molecule has 0 aliphatic carbocycles. The van der Waals surface area contributed by atoms with E-state index in [9.17, 15) is 0 Å². The Morgan fingerprint density at radius 2 is 1.90 bits per heavy atom. The molecule has 0 spiro atoms. The van der Waals surface area contributed by atoms with Crippen molar-refractivity contribution < 1.29 is 0 Å². The number of hydrogen-bond donors (Lipinski definition) is 1. The van der Waals surface area contributed by atoms with Gasteiger partial charge in [0.25, 0.3) is 0 Å². The third-order valence-electron chi connectivity index (χ3n) is 4.25. The van der Waals surface area contributed by atoms with Gasteiger partial charge in [-0.1, -0.05) is 38.1 Å². The van der Waals surface area contributed by atoms with Crippen LogP contribution in [0.25, 0.3) is 0 Å². The van der Waals surface area contributed by atoms with Gasteiger partial charge >= 0.3 is 0 Å². The van der Waals surface area contributed by atoms with Crippen LogP contribution in [0.2, 0.25) is 0 Å². The van der Waals surface area contributed by atoms with Crippen LogP contribution in [-0.2, 0) is 0 Å². The van der Waals surface area contributed by atoms with Crippen LogP contribution in [0, 0.1) is 13.8 Å². The zero-order valence-corrected chi connectivity index (χ0v) is 13.6. The summed E-state index contributed by atoms with van der Waals surface area (Å²) in [5.74, 6) is 0.346. The second kappa shape index (κ2) is 7.37. The molecule has 1 heterocycles. The topological polar surface area (TPSA) is 24.9 Å². The molecule has 1 aromatic heterocycles. The lowest BCUT2D eigenvalue weighted by Crippen LogP contribution is -2.28. The van der Waals surface area contributed by atoms with Crippen LogP contribution < -0.4 is 5.32 Å². The van der Waals surface area contributed by atoms with Crippen molar-refractivity contribution in [1.82, 2.24) is 10.3 Å². The van der Waals surface area contributed by atoms with Crippen molar-refractivity contribution in [3.8, 4) is 0 Å². The summed E-state index contributed by atoms with van der Waals surface area (Å²) < 4.78 is 0. The monoisotopic (exact) mass is 282 g/mol. The second-order valence-corrected chi connectivity index (χ2v) is 5.76. The lowest BCUT2D eigenvalue weighted by molar-refractivity contribution is 0.458. The highest BCUT2D eigenvalue weighted by molar-refractivity contribution is 5.37. The average molecular weight is 282 g/mol. The van der Waals surface area contributed by atoms with Gasteiger partial charge in [0.15, 0.2) is 0 Å². The maximum atomic E-state index is 4.55. The molecule has 0 fully saturated rings. The van der Waals surface area contributed by atoms with Crippen LogP contribution in [0.15, 0.2) is 42.6 Å². The van der Waals surface area contributed by atoms with Crippen LogP contribution in [0.4, 0.5) is 0 Å². The molecule has 0 amide bonds. The molecule has 2 aromatic rings. The largest absolute Gasteiger partial charge is 0.309 e. The van der Waals surface area contributed by atoms with Gasteiger partial charge in [-0.15, -0.1) is 0 Å². The summed E-state index contributed by atoms with van der Waals surface area (Å²) in [6, 6.07) is 13.1. The van der Waals surface area contributed by atoms with Gasteiger partial charge in [-0.05, 0) is 55.6 Å². The van der Waals surface area contributed by atoms with Crippen LogP contribution in [0.3, 0.4) is 0 Å². The van der Waals surface area contributed by atoms with E-state index in [2.05, 4.69) is 68.3 Å². The van der Waals surface area contributed by atoms with Crippen molar-refractivity contribution in [1.29, 1.82) is 0 Å². The Hall–Kier alpha value is -1.67. The van der Waals surface area contributed by atoms with Crippen molar-refractivity contribution in [2.24, 2.45) is 0 Å². The van der Waals surface area contributed by atoms with E-state index < -0.39 is 0 Å². The van der Waals surface area contributed by atoms with E-state index in [-0.39, 0.29) is 0 Å². The number of nitrogens with zero attached hydrogens (tertiary/aromatic N) is 1. The summed E-state index contributed by atoms with van der Waals surface area (Å²) >= 11 is 0. The fourth-order valence-corrected chi connectivity index (χ4v) is 2.78. The van der Waals surface area contributed by atoms with E-state index in [0.717, 1.165) is 18.7 Å². The van der Waals surface area contributed by atoms with Gasteiger partial charge < -0.3 is 5.32 Å². The molecule has 2 atom stereocenters. The molecular weight excluding hydrogens is 256 g/mol. The van der Waals surface area contributed by atoms with E-state index in [1.54, 1.807) is 0 Å². The van der Waals surface area contributed by atoms with Gasteiger partial charge in [-0.3, -0.25) is 4.98 Å². The minimum absolute atomic E-state index is 0.305. The first-order chi connectivity index (χ1) is 10.1. The van der Waals surface area contributed by atoms with E-state index in [1.807, 2.05) is 12.3 Å². The Labute approximate surface area is 128 Å². The summed E-state index contributed by atoms with van der Waals surface area (Å²) in [6.45, 7) is 9.89. The fraction of sp³-hybridized carbons (Fsp3) is 0.421. The van der Waals surface area contributed by atoms with Crippen molar-refractivity contribution in [3.05, 3.63) is 65.0 Å². The minimum atomic E-state index is 0.305. The maximum Gasteiger partial charge on any atom is 0.0450 e. The summed E-state index contributed by atoms with van der Waals surface area (Å²) in [7, 11) is 0. The third-order valence-corrected chi connectivity index (χ3v) is 4.25. The van der Waals surface area contributed by atoms with Gasteiger partial charge in [0.05, 0.1) is 0 Å². The smallest absolute Gasteiger partial charge is 0.0450 e. The first-order valence-corrected chi connectivity index (χ1v) is 7.85. The van der Waals surface area contributed by atoms with Crippen LogP contribution >= 0.6 is 0 Å². The van der Waals surface area contributed by atoms with Crippen LogP contribution in [-0.4, -0.2) is 11.5 Å². The van der Waals surface area contributed by atoms with Gasteiger partial charge in [0.2, 0.25) is 0 Å². The molecule has 0 radical (unpaired) electrons. The maximum absolute atomic E-state index is 4.55. The number of benzene rings is 1. The van der Waals surface area contributed by atoms with Gasteiger partial charge in [-0.2, -0.15) is 0 Å². The predicted octanol–water partition coefficient (Wildman–Crippen LogP) is 4.54. The number of hydrogen-bond acceptors (Lipinski definition) is 2. The summed E-state index contributed by atoms with van der Waals surface area (Å²) in [5, 5.41) is 3.71. The molecule has 2 nitrogen and oxygen atoms in total. The molecule has 0 aliphatic heterocycles. The Balaban J connectivity index is 2.36. The normalized spacial score (nSPS) is 13.9. The van der Waals surface area contributed by atoms with E-state index in [0.29, 0.717) is 12.0 Å². The number of rotatable bonds is 6. The third kappa shape index (κ3) is 3.70. The van der Waals surface area contributed by atoms with Crippen molar-refractivity contribution >= 4 is 0 Å². The van der Waals surface area contributed by atoms with Gasteiger partial charge in [-0.25, -0.2) is 0 Å². The highest BCUT2D eigenvalue weighted by Crippen LogP contribution is 2.32. The zero-order valence-electron chi connectivity index (χ0n) is 13.6. The fourth-order valence-electron chi connectivity index (χ4n) is 2.78. The quantitative estimate of drug-likeness (QED) is 0.841. The minimum Gasteiger partial charge on any atom is -0.309 e. The molecule has 0 saturated heterocycles. The van der Waals surface area contributed by atoms with Crippen molar-refractivity contribution in [2.75, 3.05) is 6.54 Å². The number of pyridine rings is 1. The van der Waals surface area contributed by atoms with E-state index in [1.165, 1.54) is 16.7 Å². The number of nitrogens with one attached hydrogen (secondary N) is 1. The standard InChI is InChI=1S/C19H26N2/c1-5-12-21-19(16(4)18-11-6-7-13-20-18)17-10-8-9-14(2)15(17)3/h6-11,13,16,19,21H,5,12H2,1-4H3. The summed E-state index contributed by atoms with van der Waals surface area (Å²) in [6.07, 6.45) is 3.02. The molecule has 1 N–H and O–H groups in total. The predicted molar refractivity (Wildman–Crippen MR) is 89.6 cm³/mol. The highest BCUT2D eigenvalue weighted by atomic mass is 14.9. The molecule has 0 saturated carbocycles. The van der Waals surface area contributed by atoms with Crippen molar-refractivity contribution in [2.45, 2.75) is 46.1 Å². The van der Waals surface area contributed by atoms with Crippen molar-refractivity contribution in [3.63, 3.8) is 0 Å². The first-order valence-electron chi connectivity index (χ1n) is 7.85. The molecule has 1 aromatic carbocycles. The molecule has 0 bridgehead atoms. The number of aromatic nitrogens is 1. The van der Waals surface area contributed by atoms with Crippen LogP contribution in [0.5, 0.6) is 0 Å². The first kappa shape index (κ1) is 15.7. The Kier molecular flexibility index (Phi) is 5.51. The van der Waals surface area contributed by atoms with E-state index in [4.69, 9.17) is 0 Å². The summed E-state index contributed by atoms with van der Waals surface area (Å²) in [4.78, 5) is 4.55. The number of aryl methyl sites for hydroxylation is 1. The SMILES string of the molecule is CCCNC(c1cccc(C)c1C)C(C)c1ccccn1. The Bertz CT molecular complexity index is 563. The van der Waals surface area contributed by atoms with E-state index >= 15 is 0 Å². The van der Waals surface area contributed by atoms with Gasteiger partial charge in [0, 0.05) is 23.9 Å². The Morgan fingerprint density at radius 3 is 2.57 bits per heavy atom. The second-order valence-electron chi connectivity index (χ2n) is 5.76. The molecule has 112 valence electrons. The lowest BCUT2D eigenvalue weighted by Gasteiger charge is -2.27. The lowest BCUT2D eigenvalue weighted by atomic mass is 9.87. The molecule has 2 rings (SSSR count). The Morgan fingerprint density at radius 1 is 1.10 bits per heavy atom. The summed E-state index contributed by atoms with van der Waals surface area (Å²) in [5.41, 5.74) is 5.27. The molecule has 0 aliphatic rings. The van der Waals surface area contributed by atoms with Crippen LogP contribution in [0.1, 0.15) is 54.6 Å². The highest BCUT2D eigenvalue weighted by Gasteiger charge is 2.22. The molecular formula is C19H26N2. The zero-order chi connectivity index (χ0) is 15.2. The molecule has 2 heteroatoms. The molecule has 21 heavy (non-hydrogen) atoms.